The molecule has 0 radical (unpaired) electrons. The number of hydrogen-bond acceptors (Lipinski definition) is 4. The molecule has 0 atom stereocenters. The molecule has 1 aromatic rings. The zero-order chi connectivity index (χ0) is 15.3. The van der Waals surface area contributed by atoms with Crippen LogP contribution in [-0.2, 0) is 17.5 Å². The molecule has 0 aliphatic rings. The van der Waals surface area contributed by atoms with Crippen LogP contribution in [0.25, 0.3) is 0 Å². The van der Waals surface area contributed by atoms with E-state index in [4.69, 9.17) is 9.84 Å². The molecule has 0 fully saturated rings. The van der Waals surface area contributed by atoms with Gasteiger partial charge in [0.1, 0.15) is 5.75 Å². The van der Waals surface area contributed by atoms with Crippen molar-refractivity contribution in [3.63, 3.8) is 0 Å². The quantitative estimate of drug-likeness (QED) is 0.895. The number of carbonyl (C=O) groups is 1. The molecule has 2 N–H and O–H groups in total. The van der Waals surface area contributed by atoms with E-state index >= 15 is 0 Å². The molecule has 0 spiro atoms. The Balaban J connectivity index is 3.27. The summed E-state index contributed by atoms with van der Waals surface area (Å²) >= 11 is 0. The minimum absolute atomic E-state index is 0.0476. The predicted octanol–water partition coefficient (Wildman–Crippen LogP) is 2.77. The second-order valence-corrected chi connectivity index (χ2v) is 3.72. The van der Waals surface area contributed by atoms with Crippen LogP contribution in [-0.4, -0.2) is 24.9 Å². The molecule has 5 nitrogen and oxygen atoms in total. The van der Waals surface area contributed by atoms with Crippen LogP contribution in [0.15, 0.2) is 12.1 Å². The summed E-state index contributed by atoms with van der Waals surface area (Å²) in [4.78, 5) is 11.3. The van der Waals surface area contributed by atoms with Gasteiger partial charge >= 0.3 is 12.3 Å². The molecule has 0 heterocycles. The van der Waals surface area contributed by atoms with E-state index in [2.05, 4.69) is 10.1 Å². The molecule has 0 aliphatic carbocycles. The predicted molar refractivity (Wildman–Crippen MR) is 64.6 cm³/mol. The first-order valence-corrected chi connectivity index (χ1v) is 5.66. The van der Waals surface area contributed by atoms with Crippen molar-refractivity contribution < 1.29 is 32.5 Å². The summed E-state index contributed by atoms with van der Waals surface area (Å²) in [7, 11) is 1.22. The minimum atomic E-state index is -4.61. The highest BCUT2D eigenvalue weighted by Gasteiger charge is 2.32. The lowest BCUT2D eigenvalue weighted by molar-refractivity contribution is -0.137. The Hall–Kier alpha value is -1.96. The summed E-state index contributed by atoms with van der Waals surface area (Å²) < 4.78 is 47.7. The Kier molecular flexibility index (Phi) is 5.20. The molecule has 0 saturated heterocycles. The van der Waals surface area contributed by atoms with Gasteiger partial charge in [0.2, 0.25) is 0 Å². The smallest absolute Gasteiger partial charge is 0.416 e. The highest BCUT2D eigenvalue weighted by Crippen LogP contribution is 2.37. The highest BCUT2D eigenvalue weighted by molar-refractivity contribution is 5.87. The minimum Gasteiger partial charge on any atom is -0.494 e. The Morgan fingerprint density at radius 3 is 2.50 bits per heavy atom. The van der Waals surface area contributed by atoms with Gasteiger partial charge in [-0.3, -0.25) is 5.32 Å². The van der Waals surface area contributed by atoms with Crippen LogP contribution in [0.5, 0.6) is 5.75 Å². The highest BCUT2D eigenvalue weighted by atomic mass is 19.4. The van der Waals surface area contributed by atoms with Crippen LogP contribution in [0, 0.1) is 0 Å². The van der Waals surface area contributed by atoms with E-state index in [0.29, 0.717) is 0 Å². The van der Waals surface area contributed by atoms with Crippen LogP contribution in [0.3, 0.4) is 0 Å². The third-order valence-corrected chi connectivity index (χ3v) is 2.38. The van der Waals surface area contributed by atoms with E-state index in [1.54, 1.807) is 6.92 Å². The largest absolute Gasteiger partial charge is 0.494 e. The van der Waals surface area contributed by atoms with E-state index in [1.807, 2.05) is 0 Å². The number of carbonyl (C=O) groups excluding carboxylic acids is 1. The van der Waals surface area contributed by atoms with Crippen molar-refractivity contribution in [3.8, 4) is 5.75 Å². The van der Waals surface area contributed by atoms with Gasteiger partial charge in [-0.2, -0.15) is 13.2 Å². The van der Waals surface area contributed by atoms with Crippen LogP contribution in [0.1, 0.15) is 18.1 Å². The van der Waals surface area contributed by atoms with E-state index in [9.17, 15) is 18.0 Å². The molecular weight excluding hydrogens is 279 g/mol. The van der Waals surface area contributed by atoms with Gasteiger partial charge in [-0.15, -0.1) is 0 Å². The van der Waals surface area contributed by atoms with Gasteiger partial charge in [0, 0.05) is 5.56 Å². The normalized spacial score (nSPS) is 11.1. The number of methoxy groups -OCH3 is 1. The van der Waals surface area contributed by atoms with Crippen LogP contribution >= 0.6 is 0 Å². The maximum Gasteiger partial charge on any atom is 0.416 e. The molecule has 1 rings (SSSR count). The summed E-state index contributed by atoms with van der Waals surface area (Å²) in [5.41, 5.74) is -1.31. The van der Waals surface area contributed by atoms with Crippen molar-refractivity contribution in [2.45, 2.75) is 19.7 Å². The molecule has 0 aromatic heterocycles. The Morgan fingerprint density at radius 1 is 1.40 bits per heavy atom. The van der Waals surface area contributed by atoms with Gasteiger partial charge in [-0.1, -0.05) is 0 Å². The Morgan fingerprint density at radius 2 is 2.05 bits per heavy atom. The number of rotatable bonds is 4. The second kappa shape index (κ2) is 6.47. The SMILES string of the molecule is CCOC(=O)Nc1cc(C(F)(F)F)cc(CO)c1OC. The van der Waals surface area contributed by atoms with Gasteiger partial charge in [-0.05, 0) is 19.1 Å². The molecule has 20 heavy (non-hydrogen) atoms. The average Bonchev–Trinajstić information content (AvgIpc) is 2.36. The Bertz CT molecular complexity index is 488. The van der Waals surface area contributed by atoms with Crippen molar-refractivity contribution in [1.82, 2.24) is 0 Å². The van der Waals surface area contributed by atoms with Crippen LogP contribution < -0.4 is 10.1 Å². The van der Waals surface area contributed by atoms with Crippen molar-refractivity contribution >= 4 is 11.8 Å². The third-order valence-electron chi connectivity index (χ3n) is 2.38. The molecule has 0 saturated carbocycles. The van der Waals surface area contributed by atoms with E-state index < -0.39 is 24.4 Å². The number of aliphatic hydroxyl groups excluding tert-OH is 1. The number of halogens is 3. The summed E-state index contributed by atoms with van der Waals surface area (Å²) in [6.07, 6.45) is -5.52. The molecule has 0 aliphatic heterocycles. The fourth-order valence-corrected chi connectivity index (χ4v) is 1.58. The zero-order valence-electron chi connectivity index (χ0n) is 10.9. The molecular formula is C12H14F3NO4. The summed E-state index contributed by atoms with van der Waals surface area (Å²) in [6.45, 7) is 0.965. The number of anilines is 1. The molecule has 1 aromatic carbocycles. The lowest BCUT2D eigenvalue weighted by Gasteiger charge is -2.16. The van der Waals surface area contributed by atoms with Crippen LogP contribution in [0.4, 0.5) is 23.7 Å². The van der Waals surface area contributed by atoms with Gasteiger partial charge in [0.25, 0.3) is 0 Å². The van der Waals surface area contributed by atoms with Gasteiger partial charge in [-0.25, -0.2) is 4.79 Å². The third kappa shape index (κ3) is 3.77. The fraction of sp³-hybridized carbons (Fsp3) is 0.417. The first-order valence-electron chi connectivity index (χ1n) is 5.66. The number of amides is 1. The first-order chi connectivity index (χ1) is 9.33. The zero-order valence-corrected chi connectivity index (χ0v) is 10.9. The number of aliphatic hydroxyl groups is 1. The first kappa shape index (κ1) is 16.1. The van der Waals surface area contributed by atoms with Crippen molar-refractivity contribution in [2.24, 2.45) is 0 Å². The topological polar surface area (TPSA) is 67.8 Å². The van der Waals surface area contributed by atoms with Gasteiger partial charge in [0.05, 0.1) is 31.6 Å². The number of nitrogens with one attached hydrogen (secondary N) is 1. The summed E-state index contributed by atoms with van der Waals surface area (Å²) in [5, 5.41) is 11.3. The van der Waals surface area contributed by atoms with Crippen molar-refractivity contribution in [1.29, 1.82) is 0 Å². The van der Waals surface area contributed by atoms with Crippen molar-refractivity contribution in [2.75, 3.05) is 19.0 Å². The molecule has 0 unspecified atom stereocenters. The van der Waals surface area contributed by atoms with Crippen molar-refractivity contribution in [3.05, 3.63) is 23.3 Å². The summed E-state index contributed by atoms with van der Waals surface area (Å²) in [5.74, 6) is -0.0476. The molecule has 0 bridgehead atoms. The van der Waals surface area contributed by atoms with Gasteiger partial charge in [0.15, 0.2) is 0 Å². The number of ether oxygens (including phenoxy) is 2. The Labute approximate surface area is 113 Å². The lowest BCUT2D eigenvalue weighted by Crippen LogP contribution is -2.16. The second-order valence-electron chi connectivity index (χ2n) is 3.72. The maximum absolute atomic E-state index is 12.7. The number of alkyl halides is 3. The molecule has 112 valence electrons. The van der Waals surface area contributed by atoms with E-state index in [1.165, 1.54) is 7.11 Å². The lowest BCUT2D eigenvalue weighted by atomic mass is 10.1. The molecule has 8 heteroatoms. The standard InChI is InChI=1S/C12H14F3NO4/c1-3-20-11(18)16-9-5-8(12(13,14)15)4-7(6-17)10(9)19-2/h4-5,17H,3,6H2,1-2H3,(H,16,18). The fourth-order valence-electron chi connectivity index (χ4n) is 1.58. The molecule has 1 amide bonds. The number of hydrogen-bond donors (Lipinski definition) is 2. The van der Waals surface area contributed by atoms with Gasteiger partial charge < -0.3 is 14.6 Å². The summed E-state index contributed by atoms with van der Waals surface area (Å²) in [6, 6.07) is 1.48. The van der Waals surface area contributed by atoms with E-state index in [0.717, 1.165) is 12.1 Å². The van der Waals surface area contributed by atoms with E-state index in [-0.39, 0.29) is 23.6 Å². The monoisotopic (exact) mass is 293 g/mol. The number of benzene rings is 1. The van der Waals surface area contributed by atoms with Crippen LogP contribution in [0.2, 0.25) is 0 Å². The maximum atomic E-state index is 12.7. The average molecular weight is 293 g/mol.